The number of aryl methyl sites for hydroxylation is 1. The fourth-order valence-corrected chi connectivity index (χ4v) is 1.54. The number of rotatable bonds is 5. The van der Waals surface area contributed by atoms with Crippen LogP contribution >= 0.6 is 0 Å². The molecule has 0 radical (unpaired) electrons. The quantitative estimate of drug-likeness (QED) is 0.699. The first-order valence-corrected chi connectivity index (χ1v) is 5.45. The molecule has 4 nitrogen and oxygen atoms in total. The van der Waals surface area contributed by atoms with E-state index in [-0.39, 0.29) is 6.04 Å². The fourth-order valence-electron chi connectivity index (χ4n) is 1.54. The highest BCUT2D eigenvalue weighted by atomic mass is 16.1. The molecule has 0 aliphatic heterocycles. The van der Waals surface area contributed by atoms with Crippen molar-refractivity contribution in [3.05, 3.63) is 29.3 Å². The number of carbonyl (C=O) groups excluding carboxylic acids is 1. The number of carbonyl (C=O) groups is 1. The summed E-state index contributed by atoms with van der Waals surface area (Å²) in [6, 6.07) is 5.69. The highest BCUT2D eigenvalue weighted by Gasteiger charge is 2.11. The predicted octanol–water partition coefficient (Wildman–Crippen LogP) is 1.24. The summed E-state index contributed by atoms with van der Waals surface area (Å²) in [5.74, 6) is -0.422. The second-order valence-corrected chi connectivity index (χ2v) is 3.90. The Bertz CT molecular complexity index is 373. The molecule has 0 saturated carbocycles. The van der Waals surface area contributed by atoms with E-state index in [1.807, 2.05) is 26.0 Å². The van der Waals surface area contributed by atoms with Gasteiger partial charge in [-0.2, -0.15) is 0 Å². The molecule has 0 fully saturated rings. The molecule has 0 aliphatic rings. The van der Waals surface area contributed by atoms with Crippen molar-refractivity contribution in [1.82, 2.24) is 0 Å². The summed E-state index contributed by atoms with van der Waals surface area (Å²) in [5, 5.41) is 3.24. The Labute approximate surface area is 96.0 Å². The van der Waals surface area contributed by atoms with Gasteiger partial charge in [-0.25, -0.2) is 0 Å². The maximum atomic E-state index is 11.2. The van der Waals surface area contributed by atoms with Crippen LogP contribution in [0.3, 0.4) is 0 Å². The van der Waals surface area contributed by atoms with Gasteiger partial charge < -0.3 is 16.8 Å². The minimum atomic E-state index is -0.422. The number of hydrogen-bond acceptors (Lipinski definition) is 3. The Morgan fingerprint density at radius 1 is 1.50 bits per heavy atom. The summed E-state index contributed by atoms with van der Waals surface area (Å²) in [6.45, 7) is 4.55. The zero-order valence-electron chi connectivity index (χ0n) is 9.79. The molecule has 1 aromatic rings. The molecule has 5 N–H and O–H groups in total. The van der Waals surface area contributed by atoms with Gasteiger partial charge in [-0.1, -0.05) is 13.0 Å². The molecule has 4 heteroatoms. The third-order valence-electron chi connectivity index (χ3n) is 2.58. The van der Waals surface area contributed by atoms with Crippen molar-refractivity contribution in [3.63, 3.8) is 0 Å². The second-order valence-electron chi connectivity index (χ2n) is 3.90. The van der Waals surface area contributed by atoms with E-state index in [9.17, 15) is 4.79 Å². The topological polar surface area (TPSA) is 81.1 Å². The molecule has 16 heavy (non-hydrogen) atoms. The Kier molecular flexibility index (Phi) is 4.31. The van der Waals surface area contributed by atoms with E-state index in [0.717, 1.165) is 17.7 Å². The van der Waals surface area contributed by atoms with Crippen LogP contribution in [-0.2, 0) is 0 Å². The summed E-state index contributed by atoms with van der Waals surface area (Å²) in [7, 11) is 0. The van der Waals surface area contributed by atoms with Gasteiger partial charge in [0.25, 0.3) is 5.91 Å². The zero-order valence-corrected chi connectivity index (χ0v) is 9.79. The van der Waals surface area contributed by atoms with Crippen LogP contribution in [0.2, 0.25) is 0 Å². The number of hydrogen-bond donors (Lipinski definition) is 3. The number of benzene rings is 1. The molecule has 0 bridgehead atoms. The third-order valence-corrected chi connectivity index (χ3v) is 2.58. The molecule has 1 amide bonds. The van der Waals surface area contributed by atoms with Crippen molar-refractivity contribution in [2.75, 3.05) is 11.9 Å². The first kappa shape index (κ1) is 12.5. The molecule has 0 saturated heterocycles. The standard InChI is InChI=1S/C12H19N3O/c1-3-9(7-13)15-11-6-8(2)4-5-10(11)12(14)16/h4-6,9,15H,3,7,13H2,1-2H3,(H2,14,16). The van der Waals surface area contributed by atoms with Gasteiger partial charge in [-0.05, 0) is 31.0 Å². The van der Waals surface area contributed by atoms with Gasteiger partial charge in [0.1, 0.15) is 0 Å². The lowest BCUT2D eigenvalue weighted by molar-refractivity contribution is 0.100. The van der Waals surface area contributed by atoms with E-state index in [1.54, 1.807) is 6.07 Å². The number of nitrogens with two attached hydrogens (primary N) is 2. The van der Waals surface area contributed by atoms with Gasteiger partial charge >= 0.3 is 0 Å². The minimum Gasteiger partial charge on any atom is -0.380 e. The number of nitrogens with one attached hydrogen (secondary N) is 1. The van der Waals surface area contributed by atoms with Crippen molar-refractivity contribution < 1.29 is 4.79 Å². The first-order valence-electron chi connectivity index (χ1n) is 5.45. The fraction of sp³-hybridized carbons (Fsp3) is 0.417. The molecule has 0 aromatic heterocycles. The monoisotopic (exact) mass is 221 g/mol. The summed E-state index contributed by atoms with van der Waals surface area (Å²) < 4.78 is 0. The summed E-state index contributed by atoms with van der Waals surface area (Å²) >= 11 is 0. The highest BCUT2D eigenvalue weighted by Crippen LogP contribution is 2.18. The van der Waals surface area contributed by atoms with Crippen LogP contribution in [0.25, 0.3) is 0 Å². The van der Waals surface area contributed by atoms with Crippen LogP contribution in [-0.4, -0.2) is 18.5 Å². The molecule has 1 atom stereocenters. The van der Waals surface area contributed by atoms with Crippen molar-refractivity contribution in [2.24, 2.45) is 11.5 Å². The Hall–Kier alpha value is -1.55. The van der Waals surface area contributed by atoms with E-state index >= 15 is 0 Å². The Balaban J connectivity index is 3.00. The van der Waals surface area contributed by atoms with Gasteiger partial charge in [0.15, 0.2) is 0 Å². The first-order chi connectivity index (χ1) is 7.58. The van der Waals surface area contributed by atoms with Crippen molar-refractivity contribution in [3.8, 4) is 0 Å². The molecule has 0 heterocycles. The molecular formula is C12H19N3O. The SMILES string of the molecule is CCC(CN)Nc1cc(C)ccc1C(N)=O. The molecule has 0 aliphatic carbocycles. The van der Waals surface area contributed by atoms with E-state index in [2.05, 4.69) is 5.32 Å². The Morgan fingerprint density at radius 3 is 2.69 bits per heavy atom. The Morgan fingerprint density at radius 2 is 2.19 bits per heavy atom. The largest absolute Gasteiger partial charge is 0.380 e. The van der Waals surface area contributed by atoms with Crippen LogP contribution < -0.4 is 16.8 Å². The number of anilines is 1. The predicted molar refractivity (Wildman–Crippen MR) is 66.5 cm³/mol. The average molecular weight is 221 g/mol. The van der Waals surface area contributed by atoms with Crippen LogP contribution in [0.15, 0.2) is 18.2 Å². The van der Waals surface area contributed by atoms with Crippen molar-refractivity contribution in [2.45, 2.75) is 26.3 Å². The maximum Gasteiger partial charge on any atom is 0.250 e. The third kappa shape index (κ3) is 2.97. The zero-order chi connectivity index (χ0) is 12.1. The van der Waals surface area contributed by atoms with E-state index in [0.29, 0.717) is 12.1 Å². The van der Waals surface area contributed by atoms with Gasteiger partial charge in [0.05, 0.1) is 5.56 Å². The van der Waals surface area contributed by atoms with E-state index in [4.69, 9.17) is 11.5 Å². The minimum absolute atomic E-state index is 0.167. The molecule has 1 unspecified atom stereocenters. The molecule has 1 rings (SSSR count). The molecule has 0 spiro atoms. The maximum absolute atomic E-state index is 11.2. The molecule has 88 valence electrons. The average Bonchev–Trinajstić information content (AvgIpc) is 2.25. The normalized spacial score (nSPS) is 12.2. The van der Waals surface area contributed by atoms with Gasteiger partial charge in [-0.15, -0.1) is 0 Å². The van der Waals surface area contributed by atoms with E-state index in [1.165, 1.54) is 0 Å². The van der Waals surface area contributed by atoms with Gasteiger partial charge in [-0.3, -0.25) is 4.79 Å². The van der Waals surface area contributed by atoms with Crippen molar-refractivity contribution >= 4 is 11.6 Å². The van der Waals surface area contributed by atoms with E-state index < -0.39 is 5.91 Å². The van der Waals surface area contributed by atoms with Crippen LogP contribution in [0, 0.1) is 6.92 Å². The molecular weight excluding hydrogens is 202 g/mol. The van der Waals surface area contributed by atoms with Crippen LogP contribution in [0.5, 0.6) is 0 Å². The number of amides is 1. The summed E-state index contributed by atoms with van der Waals surface area (Å²) in [6.07, 6.45) is 0.905. The lowest BCUT2D eigenvalue weighted by Gasteiger charge is -2.18. The number of primary amides is 1. The van der Waals surface area contributed by atoms with Gasteiger partial charge in [0, 0.05) is 18.3 Å². The highest BCUT2D eigenvalue weighted by molar-refractivity contribution is 5.98. The smallest absolute Gasteiger partial charge is 0.250 e. The van der Waals surface area contributed by atoms with Crippen molar-refractivity contribution in [1.29, 1.82) is 0 Å². The molecule has 1 aromatic carbocycles. The summed E-state index contributed by atoms with van der Waals surface area (Å²) in [4.78, 5) is 11.2. The van der Waals surface area contributed by atoms with Crippen LogP contribution in [0.1, 0.15) is 29.3 Å². The lowest BCUT2D eigenvalue weighted by Crippen LogP contribution is -2.29. The second kappa shape index (κ2) is 5.51. The lowest BCUT2D eigenvalue weighted by atomic mass is 10.1. The van der Waals surface area contributed by atoms with Gasteiger partial charge in [0.2, 0.25) is 0 Å². The van der Waals surface area contributed by atoms with Crippen LogP contribution in [0.4, 0.5) is 5.69 Å². The summed E-state index contributed by atoms with van der Waals surface area (Å²) in [5.41, 5.74) is 13.3.